The molecule has 1 aromatic carbocycles. The summed E-state index contributed by atoms with van der Waals surface area (Å²) in [7, 11) is 0. The fourth-order valence-corrected chi connectivity index (χ4v) is 1.58. The van der Waals surface area contributed by atoms with Gasteiger partial charge in [-0.15, -0.1) is 0 Å². The highest BCUT2D eigenvalue weighted by Gasteiger charge is 2.15. The molecule has 2 rings (SSSR count). The third kappa shape index (κ3) is 2.68. The minimum absolute atomic E-state index is 0.0628. The SMILES string of the molecule is Cc1cnc(C(O)Cc2cccc(F)c2F)nc1. The van der Waals surface area contributed by atoms with Gasteiger partial charge in [0.25, 0.3) is 0 Å². The van der Waals surface area contributed by atoms with Crippen LogP contribution in [0.4, 0.5) is 8.78 Å². The van der Waals surface area contributed by atoms with Gasteiger partial charge in [0, 0.05) is 18.8 Å². The lowest BCUT2D eigenvalue weighted by Crippen LogP contribution is -2.08. The third-order valence-corrected chi connectivity index (χ3v) is 2.54. The Labute approximate surface area is 103 Å². The molecule has 1 unspecified atom stereocenters. The first-order valence-electron chi connectivity index (χ1n) is 5.47. The Morgan fingerprint density at radius 1 is 1.22 bits per heavy atom. The number of rotatable bonds is 3. The summed E-state index contributed by atoms with van der Waals surface area (Å²) in [6, 6.07) is 3.86. The summed E-state index contributed by atoms with van der Waals surface area (Å²) in [4.78, 5) is 7.90. The van der Waals surface area contributed by atoms with Gasteiger partial charge in [0.2, 0.25) is 0 Å². The topological polar surface area (TPSA) is 46.0 Å². The molecule has 1 heterocycles. The van der Waals surface area contributed by atoms with Gasteiger partial charge >= 0.3 is 0 Å². The van der Waals surface area contributed by atoms with E-state index in [2.05, 4.69) is 9.97 Å². The van der Waals surface area contributed by atoms with E-state index in [-0.39, 0.29) is 17.8 Å². The smallest absolute Gasteiger partial charge is 0.162 e. The first-order valence-corrected chi connectivity index (χ1v) is 5.47. The van der Waals surface area contributed by atoms with E-state index in [4.69, 9.17) is 0 Å². The van der Waals surface area contributed by atoms with Crippen LogP contribution in [0, 0.1) is 18.6 Å². The number of nitrogens with zero attached hydrogens (tertiary/aromatic N) is 2. The molecule has 1 atom stereocenters. The normalized spacial score (nSPS) is 12.4. The van der Waals surface area contributed by atoms with Crippen LogP contribution in [0.3, 0.4) is 0 Å². The van der Waals surface area contributed by atoms with E-state index in [1.807, 2.05) is 6.92 Å². The number of aryl methyl sites for hydroxylation is 1. The van der Waals surface area contributed by atoms with Crippen molar-refractivity contribution in [3.63, 3.8) is 0 Å². The fraction of sp³-hybridized carbons (Fsp3) is 0.231. The molecule has 0 amide bonds. The van der Waals surface area contributed by atoms with Gasteiger partial charge in [0.15, 0.2) is 17.5 Å². The van der Waals surface area contributed by atoms with Gasteiger partial charge < -0.3 is 5.11 Å². The van der Waals surface area contributed by atoms with Crippen LogP contribution >= 0.6 is 0 Å². The van der Waals surface area contributed by atoms with Gasteiger partial charge in [0.05, 0.1) is 0 Å². The number of hydrogen-bond acceptors (Lipinski definition) is 3. The average Bonchev–Trinajstić information content (AvgIpc) is 2.36. The second-order valence-electron chi connectivity index (χ2n) is 4.05. The molecule has 94 valence electrons. The maximum atomic E-state index is 13.4. The number of hydrogen-bond donors (Lipinski definition) is 1. The Morgan fingerprint density at radius 2 is 1.89 bits per heavy atom. The Kier molecular flexibility index (Phi) is 3.62. The number of aliphatic hydroxyl groups excluding tert-OH is 1. The van der Waals surface area contributed by atoms with Crippen LogP contribution < -0.4 is 0 Å². The van der Waals surface area contributed by atoms with Crippen molar-refractivity contribution in [1.82, 2.24) is 9.97 Å². The van der Waals surface area contributed by atoms with Crippen molar-refractivity contribution < 1.29 is 13.9 Å². The van der Waals surface area contributed by atoms with Crippen molar-refractivity contribution in [1.29, 1.82) is 0 Å². The first kappa shape index (κ1) is 12.6. The minimum atomic E-state index is -1.05. The van der Waals surface area contributed by atoms with Gasteiger partial charge in [0.1, 0.15) is 6.10 Å². The molecule has 3 nitrogen and oxygen atoms in total. The molecule has 1 N–H and O–H groups in total. The van der Waals surface area contributed by atoms with Crippen LogP contribution in [-0.4, -0.2) is 15.1 Å². The molecular weight excluding hydrogens is 238 g/mol. The lowest BCUT2D eigenvalue weighted by molar-refractivity contribution is 0.166. The summed E-state index contributed by atoms with van der Waals surface area (Å²) in [5.74, 6) is -1.67. The summed E-state index contributed by atoms with van der Waals surface area (Å²) in [5, 5.41) is 9.87. The van der Waals surface area contributed by atoms with Crippen LogP contribution in [-0.2, 0) is 6.42 Å². The van der Waals surface area contributed by atoms with Gasteiger partial charge in [-0.1, -0.05) is 12.1 Å². The second-order valence-corrected chi connectivity index (χ2v) is 4.05. The number of aromatic nitrogens is 2. The molecule has 2 aromatic rings. The van der Waals surface area contributed by atoms with Gasteiger partial charge in [-0.3, -0.25) is 0 Å². The zero-order valence-corrected chi connectivity index (χ0v) is 9.77. The molecule has 5 heteroatoms. The van der Waals surface area contributed by atoms with Gasteiger partial charge in [-0.25, -0.2) is 18.7 Å². The Morgan fingerprint density at radius 3 is 2.56 bits per heavy atom. The molecule has 18 heavy (non-hydrogen) atoms. The maximum absolute atomic E-state index is 13.4. The van der Waals surface area contributed by atoms with E-state index < -0.39 is 17.7 Å². The molecule has 0 fully saturated rings. The zero-order valence-electron chi connectivity index (χ0n) is 9.77. The Bertz CT molecular complexity index is 543. The molecule has 0 aliphatic heterocycles. The summed E-state index contributed by atoms with van der Waals surface area (Å²) in [6.07, 6.45) is 2.01. The quantitative estimate of drug-likeness (QED) is 0.909. The minimum Gasteiger partial charge on any atom is -0.385 e. The summed E-state index contributed by atoms with van der Waals surface area (Å²) in [5.41, 5.74) is 0.967. The largest absolute Gasteiger partial charge is 0.385 e. The molecule has 0 saturated heterocycles. The van der Waals surface area contributed by atoms with Gasteiger partial charge in [-0.2, -0.15) is 0 Å². The lowest BCUT2D eigenvalue weighted by Gasteiger charge is -2.10. The summed E-state index contributed by atoms with van der Waals surface area (Å²) < 4.78 is 26.4. The molecule has 0 bridgehead atoms. The summed E-state index contributed by atoms with van der Waals surface area (Å²) >= 11 is 0. The van der Waals surface area contributed by atoms with E-state index in [0.717, 1.165) is 11.6 Å². The Balaban J connectivity index is 2.18. The lowest BCUT2D eigenvalue weighted by atomic mass is 10.1. The predicted octanol–water partition coefficient (Wildman–Crippen LogP) is 2.34. The average molecular weight is 250 g/mol. The monoisotopic (exact) mass is 250 g/mol. The Hall–Kier alpha value is -1.88. The fourth-order valence-electron chi connectivity index (χ4n) is 1.58. The standard InChI is InChI=1S/C13H12F2N2O/c1-8-6-16-13(17-7-8)11(18)5-9-3-2-4-10(14)12(9)15/h2-4,6-7,11,18H,5H2,1H3. The van der Waals surface area contributed by atoms with Crippen molar-refractivity contribution in [2.75, 3.05) is 0 Å². The number of halogens is 2. The highest BCUT2D eigenvalue weighted by molar-refractivity contribution is 5.20. The van der Waals surface area contributed by atoms with Gasteiger partial charge in [-0.05, 0) is 24.1 Å². The molecule has 1 aromatic heterocycles. The van der Waals surface area contributed by atoms with Crippen molar-refractivity contribution in [3.8, 4) is 0 Å². The maximum Gasteiger partial charge on any atom is 0.162 e. The third-order valence-electron chi connectivity index (χ3n) is 2.54. The molecule has 0 aliphatic rings. The highest BCUT2D eigenvalue weighted by Crippen LogP contribution is 2.18. The van der Waals surface area contributed by atoms with Crippen LogP contribution in [0.1, 0.15) is 23.1 Å². The zero-order chi connectivity index (χ0) is 13.1. The number of aliphatic hydroxyl groups is 1. The molecule has 0 spiro atoms. The predicted molar refractivity (Wildman–Crippen MR) is 61.8 cm³/mol. The van der Waals surface area contributed by atoms with E-state index in [0.29, 0.717) is 0 Å². The van der Waals surface area contributed by atoms with E-state index in [1.54, 1.807) is 12.4 Å². The molecule has 0 saturated carbocycles. The number of benzene rings is 1. The van der Waals surface area contributed by atoms with Crippen molar-refractivity contribution in [3.05, 3.63) is 59.2 Å². The molecular formula is C13H12F2N2O. The van der Waals surface area contributed by atoms with Crippen LogP contribution in [0.2, 0.25) is 0 Å². The second kappa shape index (κ2) is 5.18. The van der Waals surface area contributed by atoms with Crippen molar-refractivity contribution >= 4 is 0 Å². The van der Waals surface area contributed by atoms with Crippen LogP contribution in [0.5, 0.6) is 0 Å². The molecule has 0 radical (unpaired) electrons. The van der Waals surface area contributed by atoms with E-state index in [1.165, 1.54) is 12.1 Å². The van der Waals surface area contributed by atoms with Crippen LogP contribution in [0.15, 0.2) is 30.6 Å². The van der Waals surface area contributed by atoms with Crippen molar-refractivity contribution in [2.24, 2.45) is 0 Å². The summed E-state index contributed by atoms with van der Waals surface area (Å²) in [6.45, 7) is 1.82. The molecule has 0 aliphatic carbocycles. The van der Waals surface area contributed by atoms with Crippen molar-refractivity contribution in [2.45, 2.75) is 19.4 Å². The first-order chi connectivity index (χ1) is 8.58. The van der Waals surface area contributed by atoms with Crippen LogP contribution in [0.25, 0.3) is 0 Å². The highest BCUT2D eigenvalue weighted by atomic mass is 19.2. The van der Waals surface area contributed by atoms with E-state index in [9.17, 15) is 13.9 Å². The van der Waals surface area contributed by atoms with E-state index >= 15 is 0 Å².